The first kappa shape index (κ1) is 12.5. The molecule has 0 amide bonds. The van der Waals surface area contributed by atoms with Gasteiger partial charge in [-0.05, 0) is 26.0 Å². The summed E-state index contributed by atoms with van der Waals surface area (Å²) in [6, 6.07) is 2.19. The normalized spacial score (nSPS) is 12.6. The second-order valence-corrected chi connectivity index (χ2v) is 3.86. The summed E-state index contributed by atoms with van der Waals surface area (Å²) in [5.74, 6) is -1.22. The first-order valence-electron chi connectivity index (χ1n) is 4.43. The van der Waals surface area contributed by atoms with Crippen LogP contribution in [-0.4, -0.2) is 22.2 Å². The Labute approximate surface area is 89.9 Å². The minimum Gasteiger partial charge on any atom is -0.478 e. The topological polar surface area (TPSA) is 50.2 Å². The Hall–Kier alpha value is -1.59. The summed E-state index contributed by atoms with van der Waals surface area (Å²) < 4.78 is 37.9. The van der Waals surface area contributed by atoms with Crippen molar-refractivity contribution < 1.29 is 23.1 Å². The highest BCUT2D eigenvalue weighted by Crippen LogP contribution is 2.39. The second-order valence-electron chi connectivity index (χ2n) is 3.86. The number of carbonyl (C=O) groups is 1. The van der Waals surface area contributed by atoms with Crippen molar-refractivity contribution in [3.05, 3.63) is 29.6 Å². The average Bonchev–Trinajstić information content (AvgIpc) is 2.16. The maximum absolute atomic E-state index is 12.6. The molecule has 1 aromatic heterocycles. The molecule has 3 nitrogen and oxygen atoms in total. The number of aromatic carboxylic acids is 1. The highest BCUT2D eigenvalue weighted by molar-refractivity contribution is 5.87. The van der Waals surface area contributed by atoms with Crippen molar-refractivity contribution >= 4 is 5.97 Å². The highest BCUT2D eigenvalue weighted by atomic mass is 19.4. The minimum atomic E-state index is -4.43. The summed E-state index contributed by atoms with van der Waals surface area (Å²) in [4.78, 5) is 14.0. The molecule has 0 aliphatic heterocycles. The third-order valence-electron chi connectivity index (χ3n) is 2.36. The van der Waals surface area contributed by atoms with Gasteiger partial charge in [-0.25, -0.2) is 4.79 Å². The molecular weight excluding hydrogens is 223 g/mol. The monoisotopic (exact) mass is 233 g/mol. The van der Waals surface area contributed by atoms with Gasteiger partial charge in [0.05, 0.1) is 11.3 Å². The van der Waals surface area contributed by atoms with Crippen molar-refractivity contribution in [2.24, 2.45) is 0 Å². The van der Waals surface area contributed by atoms with Crippen LogP contribution >= 0.6 is 0 Å². The lowest BCUT2D eigenvalue weighted by atomic mass is 9.88. The van der Waals surface area contributed by atoms with Crippen LogP contribution in [0, 0.1) is 0 Å². The summed E-state index contributed by atoms with van der Waals surface area (Å²) in [5, 5.41) is 8.58. The molecule has 0 atom stereocenters. The molecule has 1 heterocycles. The summed E-state index contributed by atoms with van der Waals surface area (Å²) in [6.45, 7) is 1.99. The molecule has 1 N–H and O–H groups in total. The zero-order chi connectivity index (χ0) is 12.6. The van der Waals surface area contributed by atoms with Crippen LogP contribution < -0.4 is 0 Å². The first-order chi connectivity index (χ1) is 7.16. The SMILES string of the molecule is CC(C)(c1ccc(C(=O)O)cn1)C(F)(F)F. The van der Waals surface area contributed by atoms with Crippen molar-refractivity contribution in [3.63, 3.8) is 0 Å². The number of carboxylic acids is 1. The lowest BCUT2D eigenvalue weighted by Crippen LogP contribution is -2.37. The van der Waals surface area contributed by atoms with Crippen LogP contribution in [0.25, 0.3) is 0 Å². The van der Waals surface area contributed by atoms with Gasteiger partial charge in [-0.3, -0.25) is 4.98 Å². The molecular formula is C10H10F3NO2. The molecule has 6 heteroatoms. The fraction of sp³-hybridized carbons (Fsp3) is 0.400. The van der Waals surface area contributed by atoms with Gasteiger partial charge < -0.3 is 5.11 Å². The summed E-state index contributed by atoms with van der Waals surface area (Å²) in [6.07, 6.45) is -3.50. The number of pyridine rings is 1. The number of nitrogens with zero attached hydrogens (tertiary/aromatic N) is 1. The van der Waals surface area contributed by atoms with Gasteiger partial charge in [0.15, 0.2) is 0 Å². The van der Waals surface area contributed by atoms with E-state index < -0.39 is 17.6 Å². The number of hydrogen-bond acceptors (Lipinski definition) is 2. The third kappa shape index (κ3) is 2.15. The molecule has 0 unspecified atom stereocenters. The van der Waals surface area contributed by atoms with Gasteiger partial charge in [-0.15, -0.1) is 0 Å². The molecule has 0 spiro atoms. The number of halogens is 3. The van der Waals surface area contributed by atoms with Gasteiger partial charge in [0.2, 0.25) is 0 Å². The van der Waals surface area contributed by atoms with Crippen LogP contribution in [0.4, 0.5) is 13.2 Å². The Balaban J connectivity index is 3.11. The van der Waals surface area contributed by atoms with E-state index in [4.69, 9.17) is 5.11 Å². The van der Waals surface area contributed by atoms with Crippen LogP contribution in [0.5, 0.6) is 0 Å². The van der Waals surface area contributed by atoms with Gasteiger partial charge >= 0.3 is 12.1 Å². The molecule has 0 radical (unpaired) electrons. The number of hydrogen-bond donors (Lipinski definition) is 1. The zero-order valence-corrected chi connectivity index (χ0v) is 8.67. The van der Waals surface area contributed by atoms with Crippen molar-refractivity contribution in [3.8, 4) is 0 Å². The van der Waals surface area contributed by atoms with Crippen molar-refractivity contribution in [2.45, 2.75) is 25.4 Å². The number of alkyl halides is 3. The van der Waals surface area contributed by atoms with E-state index in [1.165, 1.54) is 0 Å². The van der Waals surface area contributed by atoms with Gasteiger partial charge in [0.25, 0.3) is 0 Å². The Bertz CT molecular complexity index is 396. The van der Waals surface area contributed by atoms with Crippen LogP contribution in [0.1, 0.15) is 29.9 Å². The molecule has 0 aliphatic carbocycles. The summed E-state index contributed by atoms with van der Waals surface area (Å²) in [7, 11) is 0. The van der Waals surface area contributed by atoms with E-state index in [-0.39, 0.29) is 11.3 Å². The highest BCUT2D eigenvalue weighted by Gasteiger charge is 2.49. The summed E-state index contributed by atoms with van der Waals surface area (Å²) in [5.41, 5.74) is -2.43. The fourth-order valence-electron chi connectivity index (χ4n) is 1.04. The van der Waals surface area contributed by atoms with E-state index >= 15 is 0 Å². The average molecular weight is 233 g/mol. The Morgan fingerprint density at radius 3 is 2.19 bits per heavy atom. The minimum absolute atomic E-state index is 0.137. The third-order valence-corrected chi connectivity index (χ3v) is 2.36. The second kappa shape index (κ2) is 3.77. The maximum Gasteiger partial charge on any atom is 0.399 e. The molecule has 1 aromatic rings. The smallest absolute Gasteiger partial charge is 0.399 e. The fourth-order valence-corrected chi connectivity index (χ4v) is 1.04. The molecule has 0 aromatic carbocycles. The van der Waals surface area contributed by atoms with Crippen molar-refractivity contribution in [2.75, 3.05) is 0 Å². The first-order valence-corrected chi connectivity index (χ1v) is 4.43. The van der Waals surface area contributed by atoms with Crippen LogP contribution in [0.2, 0.25) is 0 Å². The molecule has 88 valence electrons. The molecule has 0 aliphatic rings. The Kier molecular flexibility index (Phi) is 2.94. The van der Waals surface area contributed by atoms with Crippen molar-refractivity contribution in [1.82, 2.24) is 4.98 Å². The van der Waals surface area contributed by atoms with E-state index in [9.17, 15) is 18.0 Å². The predicted octanol–water partition coefficient (Wildman–Crippen LogP) is 2.62. The largest absolute Gasteiger partial charge is 0.478 e. The van der Waals surface area contributed by atoms with Gasteiger partial charge in [-0.2, -0.15) is 13.2 Å². The van der Waals surface area contributed by atoms with E-state index in [0.29, 0.717) is 0 Å². The predicted molar refractivity (Wildman–Crippen MR) is 50.3 cm³/mol. The number of aromatic nitrogens is 1. The van der Waals surface area contributed by atoms with Gasteiger partial charge in [0, 0.05) is 6.20 Å². The standard InChI is InChI=1S/C10H10F3NO2/c1-9(2,10(11,12)13)7-4-3-6(5-14-7)8(15)16/h3-5H,1-2H3,(H,15,16). The lowest BCUT2D eigenvalue weighted by Gasteiger charge is -2.26. The van der Waals surface area contributed by atoms with Crippen LogP contribution in [0.3, 0.4) is 0 Å². The lowest BCUT2D eigenvalue weighted by molar-refractivity contribution is -0.181. The van der Waals surface area contributed by atoms with Crippen LogP contribution in [0.15, 0.2) is 18.3 Å². The molecule has 0 bridgehead atoms. The molecule has 0 saturated carbocycles. The molecule has 1 rings (SSSR count). The van der Waals surface area contributed by atoms with Gasteiger partial charge in [0.1, 0.15) is 5.41 Å². The van der Waals surface area contributed by atoms with Crippen LogP contribution in [-0.2, 0) is 5.41 Å². The van der Waals surface area contributed by atoms with E-state index in [2.05, 4.69) is 4.98 Å². The zero-order valence-electron chi connectivity index (χ0n) is 8.67. The Morgan fingerprint density at radius 2 is 1.88 bits per heavy atom. The van der Waals surface area contributed by atoms with Gasteiger partial charge in [-0.1, -0.05) is 0 Å². The van der Waals surface area contributed by atoms with E-state index in [1.807, 2.05) is 0 Å². The number of rotatable bonds is 2. The van der Waals surface area contributed by atoms with Crippen molar-refractivity contribution in [1.29, 1.82) is 0 Å². The molecule has 0 saturated heterocycles. The maximum atomic E-state index is 12.6. The molecule has 0 fully saturated rings. The number of carboxylic acid groups (broad SMARTS) is 1. The summed E-state index contributed by atoms with van der Waals surface area (Å²) >= 11 is 0. The molecule has 16 heavy (non-hydrogen) atoms. The Morgan fingerprint density at radius 1 is 1.31 bits per heavy atom. The quantitative estimate of drug-likeness (QED) is 0.854. The van der Waals surface area contributed by atoms with E-state index in [1.54, 1.807) is 0 Å². The van der Waals surface area contributed by atoms with E-state index in [0.717, 1.165) is 32.2 Å².